The molecule has 0 aromatic heterocycles. The topological polar surface area (TPSA) is 67.4 Å². The number of carbonyl (C=O) groups is 2. The van der Waals surface area contributed by atoms with Crippen LogP contribution in [-0.2, 0) is 11.2 Å². The van der Waals surface area contributed by atoms with Crippen molar-refractivity contribution in [2.45, 2.75) is 6.42 Å². The third-order valence-corrected chi connectivity index (χ3v) is 4.03. The van der Waals surface area contributed by atoms with Crippen molar-refractivity contribution in [1.29, 1.82) is 0 Å². The SMILES string of the molecule is COc1ccc(NC(=O)c2ccc(NC(=O)Cc3cccc(F)c3)cc2)cc1. The van der Waals surface area contributed by atoms with Crippen molar-refractivity contribution in [3.05, 3.63) is 89.7 Å². The van der Waals surface area contributed by atoms with Crippen molar-refractivity contribution < 1.29 is 18.7 Å². The molecule has 0 atom stereocenters. The molecule has 0 radical (unpaired) electrons. The molecule has 3 aromatic carbocycles. The monoisotopic (exact) mass is 378 g/mol. The highest BCUT2D eigenvalue weighted by atomic mass is 19.1. The summed E-state index contributed by atoms with van der Waals surface area (Å²) in [6, 6.07) is 19.5. The maximum atomic E-state index is 13.2. The third kappa shape index (κ3) is 5.17. The fourth-order valence-electron chi connectivity index (χ4n) is 2.62. The number of hydrogen-bond acceptors (Lipinski definition) is 3. The van der Waals surface area contributed by atoms with E-state index in [9.17, 15) is 14.0 Å². The first-order valence-corrected chi connectivity index (χ1v) is 8.63. The predicted molar refractivity (Wildman–Crippen MR) is 106 cm³/mol. The summed E-state index contributed by atoms with van der Waals surface area (Å²) in [6.45, 7) is 0. The Morgan fingerprint density at radius 3 is 2.18 bits per heavy atom. The Hall–Kier alpha value is -3.67. The molecule has 0 bridgehead atoms. The Balaban J connectivity index is 1.57. The molecular weight excluding hydrogens is 359 g/mol. The maximum absolute atomic E-state index is 13.2. The molecule has 0 saturated heterocycles. The van der Waals surface area contributed by atoms with Crippen molar-refractivity contribution in [3.8, 4) is 5.75 Å². The average molecular weight is 378 g/mol. The number of benzene rings is 3. The van der Waals surface area contributed by atoms with E-state index in [2.05, 4.69) is 10.6 Å². The Morgan fingerprint density at radius 1 is 0.893 bits per heavy atom. The number of carbonyl (C=O) groups excluding carboxylic acids is 2. The van der Waals surface area contributed by atoms with E-state index in [0.29, 0.717) is 28.3 Å². The van der Waals surface area contributed by atoms with Crippen LogP contribution < -0.4 is 15.4 Å². The lowest BCUT2D eigenvalue weighted by Crippen LogP contribution is -2.15. The van der Waals surface area contributed by atoms with Gasteiger partial charge in [-0.15, -0.1) is 0 Å². The summed E-state index contributed by atoms with van der Waals surface area (Å²) in [5.41, 5.74) is 2.26. The normalized spacial score (nSPS) is 10.2. The molecule has 2 N–H and O–H groups in total. The van der Waals surface area contributed by atoms with E-state index in [1.807, 2.05) is 0 Å². The van der Waals surface area contributed by atoms with E-state index in [1.54, 1.807) is 67.8 Å². The van der Waals surface area contributed by atoms with Crippen LogP contribution in [0, 0.1) is 5.82 Å². The summed E-state index contributed by atoms with van der Waals surface area (Å²) in [5, 5.41) is 5.52. The first-order valence-electron chi connectivity index (χ1n) is 8.63. The number of amides is 2. The van der Waals surface area contributed by atoms with Crippen molar-refractivity contribution in [2.75, 3.05) is 17.7 Å². The molecule has 0 aliphatic heterocycles. The van der Waals surface area contributed by atoms with Crippen LogP contribution in [0.1, 0.15) is 15.9 Å². The van der Waals surface area contributed by atoms with E-state index in [1.165, 1.54) is 12.1 Å². The van der Waals surface area contributed by atoms with Crippen LogP contribution in [-0.4, -0.2) is 18.9 Å². The van der Waals surface area contributed by atoms with Gasteiger partial charge in [-0.2, -0.15) is 0 Å². The lowest BCUT2D eigenvalue weighted by atomic mass is 10.1. The van der Waals surface area contributed by atoms with Gasteiger partial charge in [-0.05, 0) is 66.2 Å². The summed E-state index contributed by atoms with van der Waals surface area (Å²) >= 11 is 0. The van der Waals surface area contributed by atoms with Crippen LogP contribution in [0.4, 0.5) is 15.8 Å². The van der Waals surface area contributed by atoms with E-state index < -0.39 is 0 Å². The number of rotatable bonds is 6. The molecule has 5 nitrogen and oxygen atoms in total. The van der Waals surface area contributed by atoms with Gasteiger partial charge < -0.3 is 15.4 Å². The van der Waals surface area contributed by atoms with Crippen LogP contribution >= 0.6 is 0 Å². The van der Waals surface area contributed by atoms with Gasteiger partial charge in [-0.3, -0.25) is 9.59 Å². The lowest BCUT2D eigenvalue weighted by molar-refractivity contribution is -0.115. The van der Waals surface area contributed by atoms with Crippen LogP contribution in [0.25, 0.3) is 0 Å². The zero-order valence-corrected chi connectivity index (χ0v) is 15.2. The Bertz CT molecular complexity index is 970. The second-order valence-corrected chi connectivity index (χ2v) is 6.11. The van der Waals surface area contributed by atoms with Crippen molar-refractivity contribution in [2.24, 2.45) is 0 Å². The van der Waals surface area contributed by atoms with Crippen molar-refractivity contribution in [3.63, 3.8) is 0 Å². The Labute approximate surface area is 162 Å². The minimum Gasteiger partial charge on any atom is -0.497 e. The highest BCUT2D eigenvalue weighted by Crippen LogP contribution is 2.17. The lowest BCUT2D eigenvalue weighted by Gasteiger charge is -2.08. The van der Waals surface area contributed by atoms with Crippen LogP contribution in [0.15, 0.2) is 72.8 Å². The highest BCUT2D eigenvalue weighted by Gasteiger charge is 2.08. The Morgan fingerprint density at radius 2 is 1.54 bits per heavy atom. The van der Waals surface area contributed by atoms with Gasteiger partial charge in [0, 0.05) is 16.9 Å². The highest BCUT2D eigenvalue weighted by molar-refractivity contribution is 6.04. The van der Waals surface area contributed by atoms with Gasteiger partial charge in [0.25, 0.3) is 5.91 Å². The standard InChI is InChI=1S/C22H19FN2O3/c1-28-20-11-9-19(10-12-20)25-22(27)16-5-7-18(8-6-16)24-21(26)14-15-3-2-4-17(23)13-15/h2-13H,14H2,1H3,(H,24,26)(H,25,27). The molecule has 28 heavy (non-hydrogen) atoms. The van der Waals surface area contributed by atoms with Crippen molar-refractivity contribution >= 4 is 23.2 Å². The molecule has 0 unspecified atom stereocenters. The van der Waals surface area contributed by atoms with Crippen LogP contribution in [0.3, 0.4) is 0 Å². The second-order valence-electron chi connectivity index (χ2n) is 6.11. The van der Waals surface area contributed by atoms with E-state index in [4.69, 9.17) is 4.74 Å². The predicted octanol–water partition coefficient (Wildman–Crippen LogP) is 4.27. The molecule has 0 saturated carbocycles. The molecule has 2 amide bonds. The number of nitrogens with one attached hydrogen (secondary N) is 2. The number of anilines is 2. The number of hydrogen-bond donors (Lipinski definition) is 2. The molecule has 3 aromatic rings. The summed E-state index contributed by atoms with van der Waals surface area (Å²) in [7, 11) is 1.58. The summed E-state index contributed by atoms with van der Waals surface area (Å²) in [5.74, 6) is -0.197. The largest absolute Gasteiger partial charge is 0.497 e. The molecule has 0 aliphatic rings. The average Bonchev–Trinajstić information content (AvgIpc) is 2.69. The van der Waals surface area contributed by atoms with E-state index in [-0.39, 0.29) is 24.1 Å². The summed E-state index contributed by atoms with van der Waals surface area (Å²) in [4.78, 5) is 24.4. The second kappa shape index (κ2) is 8.81. The minimum atomic E-state index is -0.377. The zero-order chi connectivity index (χ0) is 19.9. The fraction of sp³-hybridized carbons (Fsp3) is 0.0909. The van der Waals surface area contributed by atoms with Gasteiger partial charge in [0.2, 0.25) is 5.91 Å². The molecule has 0 heterocycles. The molecular formula is C22H19FN2O3. The van der Waals surface area contributed by atoms with Gasteiger partial charge in [0.1, 0.15) is 11.6 Å². The zero-order valence-electron chi connectivity index (χ0n) is 15.2. The Kier molecular flexibility index (Phi) is 6.01. The third-order valence-electron chi connectivity index (χ3n) is 4.03. The fourth-order valence-corrected chi connectivity index (χ4v) is 2.62. The quantitative estimate of drug-likeness (QED) is 0.673. The minimum absolute atomic E-state index is 0.0669. The smallest absolute Gasteiger partial charge is 0.255 e. The number of ether oxygens (including phenoxy) is 1. The van der Waals surface area contributed by atoms with Gasteiger partial charge in [0.15, 0.2) is 0 Å². The summed E-state index contributed by atoms with van der Waals surface area (Å²) in [6.07, 6.45) is 0.0669. The molecule has 0 fully saturated rings. The van der Waals surface area contributed by atoms with Crippen LogP contribution in [0.5, 0.6) is 5.75 Å². The van der Waals surface area contributed by atoms with Crippen LogP contribution in [0.2, 0.25) is 0 Å². The van der Waals surface area contributed by atoms with Gasteiger partial charge in [0.05, 0.1) is 13.5 Å². The van der Waals surface area contributed by atoms with Crippen molar-refractivity contribution in [1.82, 2.24) is 0 Å². The number of methoxy groups -OCH3 is 1. The van der Waals surface area contributed by atoms with Gasteiger partial charge in [-0.1, -0.05) is 12.1 Å². The van der Waals surface area contributed by atoms with Gasteiger partial charge in [-0.25, -0.2) is 4.39 Å². The summed E-state index contributed by atoms with van der Waals surface area (Å²) < 4.78 is 18.3. The molecule has 142 valence electrons. The molecule has 3 rings (SSSR count). The first kappa shape index (κ1) is 19.1. The molecule has 0 aliphatic carbocycles. The molecule has 6 heteroatoms. The van der Waals surface area contributed by atoms with E-state index >= 15 is 0 Å². The maximum Gasteiger partial charge on any atom is 0.255 e. The van der Waals surface area contributed by atoms with E-state index in [0.717, 1.165) is 0 Å². The molecule has 0 spiro atoms. The van der Waals surface area contributed by atoms with Gasteiger partial charge >= 0.3 is 0 Å². The number of halogens is 1. The first-order chi connectivity index (χ1) is 13.5.